The van der Waals surface area contributed by atoms with E-state index >= 15 is 0 Å². The SMILES string of the molecule is CCC(c1nc2ccccc2c(=O)n1-c1ccc(OC)cc1)N(CCC(C)C)C(=O)CC(C)(C)C. The second-order valence-corrected chi connectivity index (χ2v) is 10.8. The van der Waals surface area contributed by atoms with Crippen molar-refractivity contribution >= 4 is 16.8 Å². The molecule has 1 atom stereocenters. The molecule has 6 nitrogen and oxygen atoms in total. The van der Waals surface area contributed by atoms with Gasteiger partial charge in [0.2, 0.25) is 5.91 Å². The van der Waals surface area contributed by atoms with Gasteiger partial charge in [0.05, 0.1) is 29.7 Å². The summed E-state index contributed by atoms with van der Waals surface area (Å²) in [5.74, 6) is 1.84. The summed E-state index contributed by atoms with van der Waals surface area (Å²) in [4.78, 5) is 34.4. The van der Waals surface area contributed by atoms with E-state index < -0.39 is 0 Å². The number of fused-ring (bicyclic) bond motifs is 1. The predicted octanol–water partition coefficient (Wildman–Crippen LogP) is 6.16. The minimum absolute atomic E-state index is 0.0914. The highest BCUT2D eigenvalue weighted by molar-refractivity contribution is 5.79. The fraction of sp³-hybridized carbons (Fsp3) is 0.483. The fourth-order valence-corrected chi connectivity index (χ4v) is 4.30. The van der Waals surface area contributed by atoms with Crippen molar-refractivity contribution in [3.63, 3.8) is 0 Å². The van der Waals surface area contributed by atoms with Gasteiger partial charge in [0, 0.05) is 13.0 Å². The summed E-state index contributed by atoms with van der Waals surface area (Å²) in [6.07, 6.45) is 1.96. The molecule has 0 bridgehead atoms. The van der Waals surface area contributed by atoms with Crippen molar-refractivity contribution in [3.05, 3.63) is 64.7 Å². The van der Waals surface area contributed by atoms with E-state index in [0.717, 1.165) is 6.42 Å². The third kappa shape index (κ3) is 6.30. The zero-order valence-electron chi connectivity index (χ0n) is 22.2. The van der Waals surface area contributed by atoms with Gasteiger partial charge in [-0.3, -0.25) is 14.2 Å². The summed E-state index contributed by atoms with van der Waals surface area (Å²) in [6.45, 7) is 13.2. The highest BCUT2D eigenvalue weighted by Crippen LogP contribution is 2.30. The molecule has 1 heterocycles. The molecule has 1 amide bonds. The van der Waals surface area contributed by atoms with Crippen molar-refractivity contribution in [2.75, 3.05) is 13.7 Å². The van der Waals surface area contributed by atoms with Crippen LogP contribution in [0.3, 0.4) is 0 Å². The number of rotatable bonds is 9. The Morgan fingerprint density at radius 1 is 1.09 bits per heavy atom. The standard InChI is InChI=1S/C29H39N3O3/c1-8-25(31(18-17-20(2)3)26(33)19-29(4,5)6)27-30-24-12-10-9-11-23(24)28(34)32(27)21-13-15-22(35-7)16-14-21/h9-16,20,25H,8,17-19H2,1-7H3. The van der Waals surface area contributed by atoms with Crippen LogP contribution in [-0.4, -0.2) is 34.0 Å². The molecule has 0 spiro atoms. The molecule has 3 aromatic rings. The number of carbonyl (C=O) groups excluding carboxylic acids is 1. The molecule has 6 heteroatoms. The van der Waals surface area contributed by atoms with Crippen LogP contribution in [-0.2, 0) is 4.79 Å². The number of amides is 1. The number of ether oxygens (including phenoxy) is 1. The third-order valence-electron chi connectivity index (χ3n) is 6.14. The molecule has 0 saturated heterocycles. The molecular weight excluding hydrogens is 438 g/mol. The molecule has 0 fully saturated rings. The lowest BCUT2D eigenvalue weighted by Crippen LogP contribution is -2.40. The first kappa shape index (κ1) is 26.5. The molecule has 1 unspecified atom stereocenters. The summed E-state index contributed by atoms with van der Waals surface area (Å²) in [5.41, 5.74) is 1.07. The van der Waals surface area contributed by atoms with Crippen LogP contribution in [0.25, 0.3) is 16.6 Å². The van der Waals surface area contributed by atoms with Gasteiger partial charge in [0.1, 0.15) is 11.6 Å². The second-order valence-electron chi connectivity index (χ2n) is 10.8. The summed E-state index contributed by atoms with van der Waals surface area (Å²) in [7, 11) is 1.62. The number of aromatic nitrogens is 2. The molecule has 0 aliphatic rings. The first-order valence-corrected chi connectivity index (χ1v) is 12.5. The lowest BCUT2D eigenvalue weighted by atomic mass is 9.91. The molecule has 0 radical (unpaired) electrons. The van der Waals surface area contributed by atoms with Crippen molar-refractivity contribution in [1.82, 2.24) is 14.5 Å². The molecule has 1 aromatic heterocycles. The molecule has 2 aromatic carbocycles. The van der Waals surface area contributed by atoms with Gasteiger partial charge in [-0.25, -0.2) is 4.98 Å². The monoisotopic (exact) mass is 477 g/mol. The normalized spacial score (nSPS) is 12.7. The highest BCUT2D eigenvalue weighted by Gasteiger charge is 2.31. The van der Waals surface area contributed by atoms with Crippen LogP contribution >= 0.6 is 0 Å². The zero-order valence-corrected chi connectivity index (χ0v) is 22.2. The van der Waals surface area contributed by atoms with Crippen LogP contribution < -0.4 is 10.3 Å². The minimum Gasteiger partial charge on any atom is -0.497 e. The van der Waals surface area contributed by atoms with Crippen LogP contribution in [0.1, 0.15) is 72.7 Å². The maximum Gasteiger partial charge on any atom is 0.266 e. The van der Waals surface area contributed by atoms with Gasteiger partial charge in [0.25, 0.3) is 5.56 Å². The van der Waals surface area contributed by atoms with Crippen molar-refractivity contribution in [2.45, 2.75) is 66.8 Å². The number of hydrogen-bond acceptors (Lipinski definition) is 4. The van der Waals surface area contributed by atoms with Gasteiger partial charge in [-0.1, -0.05) is 53.7 Å². The molecule has 188 valence electrons. The molecule has 0 N–H and O–H groups in total. The van der Waals surface area contributed by atoms with Crippen molar-refractivity contribution in [2.24, 2.45) is 11.3 Å². The van der Waals surface area contributed by atoms with Gasteiger partial charge < -0.3 is 9.64 Å². The summed E-state index contributed by atoms with van der Waals surface area (Å²) < 4.78 is 6.99. The number of carbonyl (C=O) groups is 1. The van der Waals surface area contributed by atoms with Crippen molar-refractivity contribution in [3.8, 4) is 11.4 Å². The van der Waals surface area contributed by atoms with E-state index in [1.165, 1.54) is 0 Å². The Morgan fingerprint density at radius 3 is 2.31 bits per heavy atom. The van der Waals surface area contributed by atoms with Crippen molar-refractivity contribution < 1.29 is 9.53 Å². The Kier molecular flexibility index (Phi) is 8.36. The third-order valence-corrected chi connectivity index (χ3v) is 6.14. The van der Waals surface area contributed by atoms with Crippen LogP contribution in [0.5, 0.6) is 5.75 Å². The molecule has 0 aliphatic heterocycles. The van der Waals surface area contributed by atoms with E-state index in [4.69, 9.17) is 9.72 Å². The maximum absolute atomic E-state index is 13.8. The largest absolute Gasteiger partial charge is 0.497 e. The summed E-state index contributed by atoms with van der Waals surface area (Å²) in [5, 5.41) is 0.552. The molecule has 0 aliphatic carbocycles. The van der Waals surface area contributed by atoms with Crippen molar-refractivity contribution in [1.29, 1.82) is 0 Å². The van der Waals surface area contributed by atoms with Gasteiger partial charge in [-0.15, -0.1) is 0 Å². The lowest BCUT2D eigenvalue weighted by molar-refractivity contribution is -0.136. The quantitative estimate of drug-likeness (QED) is 0.370. The van der Waals surface area contributed by atoms with Gasteiger partial charge in [-0.05, 0) is 60.6 Å². The lowest BCUT2D eigenvalue weighted by Gasteiger charge is -2.34. The predicted molar refractivity (Wildman–Crippen MR) is 142 cm³/mol. The molecule has 0 saturated carbocycles. The molecular formula is C29H39N3O3. The first-order chi connectivity index (χ1) is 16.6. The highest BCUT2D eigenvalue weighted by atomic mass is 16.5. The smallest absolute Gasteiger partial charge is 0.266 e. The summed E-state index contributed by atoms with van der Waals surface area (Å²) >= 11 is 0. The number of methoxy groups -OCH3 is 1. The Bertz CT molecular complexity index is 1210. The minimum atomic E-state index is -0.331. The van der Waals surface area contributed by atoms with Crippen LogP contribution in [0.4, 0.5) is 0 Å². The van der Waals surface area contributed by atoms with E-state index in [1.807, 2.05) is 47.4 Å². The number of nitrogens with zero attached hydrogens (tertiary/aromatic N) is 3. The van der Waals surface area contributed by atoms with E-state index in [9.17, 15) is 9.59 Å². The van der Waals surface area contributed by atoms with E-state index in [0.29, 0.717) is 53.5 Å². The summed E-state index contributed by atoms with van der Waals surface area (Å²) in [6, 6.07) is 14.5. The average molecular weight is 478 g/mol. The Morgan fingerprint density at radius 2 is 1.74 bits per heavy atom. The van der Waals surface area contributed by atoms with Crippen LogP contribution in [0.15, 0.2) is 53.3 Å². The Balaban J connectivity index is 2.24. The van der Waals surface area contributed by atoms with E-state index in [2.05, 4.69) is 41.5 Å². The van der Waals surface area contributed by atoms with Gasteiger partial charge >= 0.3 is 0 Å². The number of para-hydroxylation sites is 1. The Labute approximate surface area is 208 Å². The second kappa shape index (κ2) is 11.1. The maximum atomic E-state index is 13.8. The number of hydrogen-bond donors (Lipinski definition) is 0. The molecule has 35 heavy (non-hydrogen) atoms. The number of benzene rings is 2. The first-order valence-electron chi connectivity index (χ1n) is 12.5. The Hall–Kier alpha value is -3.15. The topological polar surface area (TPSA) is 64.4 Å². The fourth-order valence-electron chi connectivity index (χ4n) is 4.30. The zero-order chi connectivity index (χ0) is 25.8. The van der Waals surface area contributed by atoms with E-state index in [-0.39, 0.29) is 22.9 Å². The van der Waals surface area contributed by atoms with Gasteiger partial charge in [-0.2, -0.15) is 0 Å². The van der Waals surface area contributed by atoms with Crippen LogP contribution in [0.2, 0.25) is 0 Å². The van der Waals surface area contributed by atoms with E-state index in [1.54, 1.807) is 17.7 Å². The molecule has 3 rings (SSSR count). The van der Waals surface area contributed by atoms with Gasteiger partial charge in [0.15, 0.2) is 0 Å². The average Bonchev–Trinajstić information content (AvgIpc) is 2.80. The van der Waals surface area contributed by atoms with Crippen LogP contribution in [0, 0.1) is 11.3 Å².